The van der Waals surface area contributed by atoms with Gasteiger partial charge in [-0.05, 0) is 5.28 Å². The van der Waals surface area contributed by atoms with Crippen LogP contribution in [0.3, 0.4) is 0 Å². The van der Waals surface area contributed by atoms with Crippen LogP contribution in [0.4, 0.5) is 0 Å². The summed E-state index contributed by atoms with van der Waals surface area (Å²) in [5.74, 6) is 0. The van der Waals surface area contributed by atoms with Gasteiger partial charge in [0.05, 0.1) is 0 Å². The van der Waals surface area contributed by atoms with Crippen LogP contribution in [-0.4, -0.2) is 20.4 Å². The molecule has 0 N–H and O–H groups in total. The number of rotatable bonds is 10. The number of carbonyl (C=O) groups is 1. The summed E-state index contributed by atoms with van der Waals surface area (Å²) in [6, 6.07) is 0. The van der Waals surface area contributed by atoms with E-state index < -0.39 is 14.1 Å². The van der Waals surface area contributed by atoms with E-state index in [0.717, 1.165) is 11.6 Å². The first kappa shape index (κ1) is 14.2. The van der Waals surface area contributed by atoms with E-state index in [9.17, 15) is 4.79 Å². The van der Waals surface area contributed by atoms with Crippen LogP contribution >= 0.6 is 0 Å². The first-order valence-electron chi connectivity index (χ1n) is 6.28. The van der Waals surface area contributed by atoms with Crippen molar-refractivity contribution in [2.24, 2.45) is 0 Å². The van der Waals surface area contributed by atoms with Crippen molar-refractivity contribution in [2.45, 2.75) is 68.2 Å². The van der Waals surface area contributed by atoms with E-state index in [-0.39, 0.29) is 0 Å². The molecular formula is C12H25AlO. The molecule has 0 rings (SSSR count). The molecule has 0 fully saturated rings. The van der Waals surface area contributed by atoms with Gasteiger partial charge >= 0.3 is 0 Å². The molecule has 0 aromatic rings. The van der Waals surface area contributed by atoms with Crippen molar-refractivity contribution in [1.82, 2.24) is 0 Å². The maximum absolute atomic E-state index is 10.5. The molecule has 82 valence electrons. The highest BCUT2D eigenvalue weighted by molar-refractivity contribution is 6.61. The second-order valence-corrected chi connectivity index (χ2v) is 7.62. The highest BCUT2D eigenvalue weighted by atomic mass is 27.2. The van der Waals surface area contributed by atoms with Gasteiger partial charge in [0.15, 0.2) is 0 Å². The number of hydrogen-bond donors (Lipinski definition) is 0. The van der Waals surface area contributed by atoms with Gasteiger partial charge in [-0.25, -0.2) is 0 Å². The van der Waals surface area contributed by atoms with Gasteiger partial charge in [0.1, 0.15) is 6.29 Å². The Morgan fingerprint density at radius 1 is 0.929 bits per heavy atom. The Labute approximate surface area is 93.7 Å². The predicted molar refractivity (Wildman–Crippen MR) is 65.3 cm³/mol. The van der Waals surface area contributed by atoms with Crippen LogP contribution in [0.25, 0.3) is 0 Å². The van der Waals surface area contributed by atoms with Crippen LogP contribution in [0.5, 0.6) is 0 Å². The molecule has 0 aromatic heterocycles. The summed E-state index contributed by atoms with van der Waals surface area (Å²) in [7, 11) is 0. The molecule has 0 unspecified atom stereocenters. The third-order valence-corrected chi connectivity index (χ3v) is 6.17. The van der Waals surface area contributed by atoms with Crippen molar-refractivity contribution in [1.29, 1.82) is 0 Å². The Morgan fingerprint density at radius 2 is 1.43 bits per heavy atom. The van der Waals surface area contributed by atoms with Crippen molar-refractivity contribution < 1.29 is 4.79 Å². The van der Waals surface area contributed by atoms with Crippen molar-refractivity contribution in [3.05, 3.63) is 0 Å². The molecule has 0 spiro atoms. The number of hydrogen-bond acceptors (Lipinski definition) is 1. The van der Waals surface area contributed by atoms with E-state index in [0.29, 0.717) is 0 Å². The topological polar surface area (TPSA) is 17.1 Å². The predicted octanol–water partition coefficient (Wildman–Crippen LogP) is 4.06. The molecule has 0 radical (unpaired) electrons. The summed E-state index contributed by atoms with van der Waals surface area (Å²) >= 11 is -0.665. The van der Waals surface area contributed by atoms with Gasteiger partial charge in [-0.15, -0.1) is 0 Å². The van der Waals surface area contributed by atoms with Gasteiger partial charge in [0.25, 0.3) is 14.1 Å². The molecule has 14 heavy (non-hydrogen) atoms. The largest absolute Gasteiger partial charge is 0.305 e. The second kappa shape index (κ2) is 11.3. The molecule has 0 atom stereocenters. The molecule has 0 aliphatic rings. The SMILES string of the molecule is CCCC[CH2][Al]([CH2]C=O)[CH2]CCCC. The van der Waals surface area contributed by atoms with E-state index in [2.05, 4.69) is 13.8 Å². The van der Waals surface area contributed by atoms with E-state index in [1.54, 1.807) is 0 Å². The van der Waals surface area contributed by atoms with Gasteiger partial charge < -0.3 is 4.79 Å². The zero-order valence-electron chi connectivity index (χ0n) is 9.93. The van der Waals surface area contributed by atoms with Crippen LogP contribution < -0.4 is 0 Å². The minimum Gasteiger partial charge on any atom is -0.305 e. The smallest absolute Gasteiger partial charge is 0.271 e. The van der Waals surface area contributed by atoms with Crippen molar-refractivity contribution in [3.63, 3.8) is 0 Å². The van der Waals surface area contributed by atoms with Crippen LogP contribution in [0, 0.1) is 0 Å². The fourth-order valence-corrected chi connectivity index (χ4v) is 4.65. The third kappa shape index (κ3) is 8.79. The first-order chi connectivity index (χ1) is 6.85. The molecule has 0 amide bonds. The molecule has 0 saturated carbocycles. The van der Waals surface area contributed by atoms with Crippen LogP contribution in [0.15, 0.2) is 0 Å². The molecule has 0 aliphatic heterocycles. The number of carbonyl (C=O) groups excluding carboxylic acids is 1. The zero-order chi connectivity index (χ0) is 10.6. The summed E-state index contributed by atoms with van der Waals surface area (Å²) in [5.41, 5.74) is 0. The van der Waals surface area contributed by atoms with E-state index in [4.69, 9.17) is 0 Å². The molecule has 2 heteroatoms. The second-order valence-electron chi connectivity index (χ2n) is 4.26. The van der Waals surface area contributed by atoms with Crippen molar-refractivity contribution >= 4 is 20.4 Å². The van der Waals surface area contributed by atoms with Gasteiger partial charge in [0.2, 0.25) is 0 Å². The lowest BCUT2D eigenvalue weighted by Gasteiger charge is -2.07. The molecule has 0 aliphatic carbocycles. The Kier molecular flexibility index (Phi) is 11.4. The minimum atomic E-state index is -0.665. The summed E-state index contributed by atoms with van der Waals surface area (Å²) in [6.07, 6.45) is 9.22. The fourth-order valence-electron chi connectivity index (χ4n) is 1.88. The molecule has 0 aromatic carbocycles. The standard InChI is InChI=1S/2C5H11.C2H3O.Al/c2*1-3-5-4-2;1-2-3;/h2*1,3-5H2,2H3;2H,1H2;. The Hall–Kier alpha value is 0.202. The summed E-state index contributed by atoms with van der Waals surface area (Å²) in [6.45, 7) is 4.49. The Bertz CT molecular complexity index is 115. The fraction of sp³-hybridized carbons (Fsp3) is 0.917. The van der Waals surface area contributed by atoms with Crippen LogP contribution in [0.2, 0.25) is 15.8 Å². The zero-order valence-corrected chi connectivity index (χ0v) is 11.1. The first-order valence-corrected chi connectivity index (χ1v) is 8.73. The summed E-state index contributed by atoms with van der Waals surface area (Å²) < 4.78 is 0. The monoisotopic (exact) mass is 212 g/mol. The molecule has 0 heterocycles. The summed E-state index contributed by atoms with van der Waals surface area (Å²) in [4.78, 5) is 10.5. The third-order valence-electron chi connectivity index (χ3n) is 2.86. The Morgan fingerprint density at radius 3 is 1.79 bits per heavy atom. The van der Waals surface area contributed by atoms with Crippen LogP contribution in [0.1, 0.15) is 52.4 Å². The lowest BCUT2D eigenvalue weighted by molar-refractivity contribution is -0.106. The number of unbranched alkanes of at least 4 members (excludes halogenated alkanes) is 4. The van der Waals surface area contributed by atoms with Crippen molar-refractivity contribution in [3.8, 4) is 0 Å². The van der Waals surface area contributed by atoms with Crippen molar-refractivity contribution in [2.75, 3.05) is 0 Å². The highest BCUT2D eigenvalue weighted by Crippen LogP contribution is 2.14. The van der Waals surface area contributed by atoms with Gasteiger partial charge in [-0.1, -0.05) is 62.9 Å². The summed E-state index contributed by atoms with van der Waals surface area (Å²) in [5, 5.41) is 3.72. The average Bonchev–Trinajstić information content (AvgIpc) is 2.18. The van der Waals surface area contributed by atoms with E-state index in [1.165, 1.54) is 49.1 Å². The van der Waals surface area contributed by atoms with Gasteiger partial charge in [-0.2, -0.15) is 0 Å². The van der Waals surface area contributed by atoms with Gasteiger partial charge in [-0.3, -0.25) is 0 Å². The van der Waals surface area contributed by atoms with Crippen LogP contribution in [-0.2, 0) is 4.79 Å². The lowest BCUT2D eigenvalue weighted by Crippen LogP contribution is -2.12. The lowest BCUT2D eigenvalue weighted by atomic mass is 10.3. The minimum absolute atomic E-state index is 0.665. The highest BCUT2D eigenvalue weighted by Gasteiger charge is 2.14. The molecule has 1 nitrogen and oxygen atoms in total. The van der Waals surface area contributed by atoms with E-state index in [1.807, 2.05) is 0 Å². The molecule has 0 bridgehead atoms. The molecule has 0 saturated heterocycles. The normalized spacial score (nSPS) is 10.1. The van der Waals surface area contributed by atoms with Gasteiger partial charge in [0, 0.05) is 0 Å². The maximum Gasteiger partial charge on any atom is 0.271 e. The maximum atomic E-state index is 10.5. The average molecular weight is 212 g/mol. The Balaban J connectivity index is 3.49. The quantitative estimate of drug-likeness (QED) is 0.303. The number of aldehydes is 1. The molecular weight excluding hydrogens is 187 g/mol. The van der Waals surface area contributed by atoms with E-state index >= 15 is 0 Å².